The summed E-state index contributed by atoms with van der Waals surface area (Å²) in [7, 11) is -1.99. The maximum atomic E-state index is 3.92. The van der Waals surface area contributed by atoms with E-state index in [9.17, 15) is 0 Å². The summed E-state index contributed by atoms with van der Waals surface area (Å²) in [6, 6.07) is 0.824. The topological polar surface area (TPSA) is 12.0 Å². The molecule has 1 nitrogen and oxygen atoms in total. The van der Waals surface area contributed by atoms with Gasteiger partial charge in [0.2, 0.25) is 0 Å². The first-order valence-corrected chi connectivity index (χ1v) is 14.3. The Bertz CT molecular complexity index is 305. The van der Waals surface area contributed by atoms with Gasteiger partial charge >= 0.3 is 0 Å². The van der Waals surface area contributed by atoms with Gasteiger partial charge in [-0.15, -0.1) is 5.70 Å². The fourth-order valence-electron chi connectivity index (χ4n) is 2.90. The van der Waals surface area contributed by atoms with Gasteiger partial charge in [0.05, 0.1) is 8.31 Å². The minimum atomic E-state index is -1.17. The van der Waals surface area contributed by atoms with Crippen LogP contribution in [0.4, 0.5) is 0 Å². The zero-order chi connectivity index (χ0) is 14.7. The highest BCUT2D eigenvalue weighted by Gasteiger charge is 2.41. The summed E-state index contributed by atoms with van der Waals surface area (Å²) in [5.74, 6) is 0. The molecule has 1 aliphatic rings. The lowest BCUT2D eigenvalue weighted by molar-refractivity contribution is 0.567. The van der Waals surface area contributed by atoms with E-state index in [-0.39, 0.29) is 0 Å². The lowest BCUT2D eigenvalue weighted by Crippen LogP contribution is -2.57. The van der Waals surface area contributed by atoms with Gasteiger partial charge in [0, 0.05) is 13.6 Å². The zero-order valence-corrected chi connectivity index (χ0v) is 16.4. The van der Waals surface area contributed by atoms with Crippen molar-refractivity contribution in [2.45, 2.75) is 84.5 Å². The van der Waals surface area contributed by atoms with Crippen molar-refractivity contribution in [2.24, 2.45) is 0 Å². The molecule has 0 amide bonds. The molecular formula is C16H35NSi2. The maximum absolute atomic E-state index is 3.92. The van der Waals surface area contributed by atoms with Crippen LogP contribution in [0.15, 0.2) is 11.3 Å². The van der Waals surface area contributed by atoms with Crippen LogP contribution in [0.25, 0.3) is 0 Å². The van der Waals surface area contributed by atoms with Crippen molar-refractivity contribution in [3.63, 3.8) is 0 Å². The van der Waals surface area contributed by atoms with Crippen LogP contribution in [0.5, 0.6) is 0 Å². The van der Waals surface area contributed by atoms with Crippen LogP contribution in [0.2, 0.25) is 18.1 Å². The molecule has 0 aromatic heterocycles. The highest BCUT2D eigenvalue weighted by atomic mass is 29.2. The second-order valence-electron chi connectivity index (χ2n) is 8.21. The molecule has 0 aromatic carbocycles. The van der Waals surface area contributed by atoms with Gasteiger partial charge in [-0.25, -0.2) is 0 Å². The average Bonchev–Trinajstić information content (AvgIpc) is 2.74. The third-order valence-electron chi connectivity index (χ3n) is 5.38. The van der Waals surface area contributed by atoms with Gasteiger partial charge in [-0.3, -0.25) is 0 Å². The number of nitrogens with one attached hydrogen (secondary N) is 1. The summed E-state index contributed by atoms with van der Waals surface area (Å²) in [4.78, 5) is 0. The second-order valence-corrected chi connectivity index (χ2v) is 21.7. The highest BCUT2D eigenvalue weighted by molar-refractivity contribution is 7.35. The quantitative estimate of drug-likeness (QED) is 0.743. The van der Waals surface area contributed by atoms with Crippen LogP contribution in [0.3, 0.4) is 0 Å². The predicted octanol–water partition coefficient (Wildman–Crippen LogP) is 4.38. The third kappa shape index (κ3) is 4.87. The molecule has 3 heteroatoms. The van der Waals surface area contributed by atoms with E-state index in [0.29, 0.717) is 5.04 Å². The maximum Gasteiger partial charge on any atom is 0.0708 e. The smallest absolute Gasteiger partial charge is 0.0708 e. The van der Waals surface area contributed by atoms with Crippen molar-refractivity contribution in [2.75, 3.05) is 6.17 Å². The molecule has 1 aliphatic carbocycles. The van der Waals surface area contributed by atoms with Crippen molar-refractivity contribution in [3.8, 4) is 0 Å². The first kappa shape index (κ1) is 17.2. The van der Waals surface area contributed by atoms with E-state index in [1.54, 1.807) is 0 Å². The second kappa shape index (κ2) is 6.73. The Morgan fingerprint density at radius 2 is 1.74 bits per heavy atom. The van der Waals surface area contributed by atoms with Crippen LogP contribution < -0.4 is 5.32 Å². The normalized spacial score (nSPS) is 19.5. The van der Waals surface area contributed by atoms with Gasteiger partial charge in [0.25, 0.3) is 0 Å². The zero-order valence-electron chi connectivity index (χ0n) is 14.3. The van der Waals surface area contributed by atoms with Gasteiger partial charge in [0.1, 0.15) is 0 Å². The first-order chi connectivity index (χ1) is 8.64. The van der Waals surface area contributed by atoms with Crippen LogP contribution in [0, 0.1) is 0 Å². The lowest BCUT2D eigenvalue weighted by Gasteiger charge is -2.42. The lowest BCUT2D eigenvalue weighted by atomic mass is 10.2. The van der Waals surface area contributed by atoms with Gasteiger partial charge in [-0.2, -0.15) is 0 Å². The minimum Gasteiger partial charge on any atom is -0.317 e. The molecule has 1 saturated carbocycles. The molecule has 1 atom stereocenters. The summed E-state index contributed by atoms with van der Waals surface area (Å²) in [5, 5.41) is 4.44. The monoisotopic (exact) mass is 297 g/mol. The molecule has 0 saturated heterocycles. The summed E-state index contributed by atoms with van der Waals surface area (Å²) in [6.07, 6.45) is 7.02. The molecule has 1 fully saturated rings. The first-order valence-electron chi connectivity index (χ1n) is 8.03. The van der Waals surface area contributed by atoms with Crippen molar-refractivity contribution < 1.29 is 0 Å². The van der Waals surface area contributed by atoms with Crippen molar-refractivity contribution in [3.05, 3.63) is 11.3 Å². The summed E-state index contributed by atoms with van der Waals surface area (Å²) < 4.78 is 0. The van der Waals surface area contributed by atoms with Crippen molar-refractivity contribution in [1.82, 2.24) is 5.32 Å². The molecule has 0 aromatic rings. The molecule has 19 heavy (non-hydrogen) atoms. The molecule has 0 radical (unpaired) electrons. The summed E-state index contributed by atoms with van der Waals surface area (Å²) >= 11 is 0. The predicted molar refractivity (Wildman–Crippen MR) is 94.0 cm³/mol. The molecule has 0 aliphatic heterocycles. The number of rotatable bonds is 5. The van der Waals surface area contributed by atoms with Crippen molar-refractivity contribution >= 4 is 15.9 Å². The standard InChI is InChI=1S/C16H35NSi2/c1-14(2)12-18(19(6,7)16(3,4)5)13-17-15-10-8-9-11-15/h12,15,17-18H,8-11,13H2,1-7H3. The van der Waals surface area contributed by atoms with Crippen LogP contribution in [-0.2, 0) is 0 Å². The Hall–Kier alpha value is 0.134. The fourth-order valence-corrected chi connectivity index (χ4v) is 13.9. The Balaban J connectivity index is 2.74. The molecule has 0 heterocycles. The highest BCUT2D eigenvalue weighted by Crippen LogP contribution is 2.38. The van der Waals surface area contributed by atoms with Crippen LogP contribution in [-0.4, -0.2) is 28.1 Å². The third-order valence-corrected chi connectivity index (χ3v) is 22.1. The number of hydrogen-bond acceptors (Lipinski definition) is 1. The molecule has 1 unspecified atom stereocenters. The average molecular weight is 298 g/mol. The molecule has 0 spiro atoms. The van der Waals surface area contributed by atoms with Crippen molar-refractivity contribution in [1.29, 1.82) is 0 Å². The molecule has 1 rings (SSSR count). The Morgan fingerprint density at radius 3 is 2.16 bits per heavy atom. The van der Waals surface area contributed by atoms with Crippen LogP contribution in [0.1, 0.15) is 60.3 Å². The largest absolute Gasteiger partial charge is 0.317 e. The fraction of sp³-hybridized carbons (Fsp3) is 0.875. The van der Waals surface area contributed by atoms with E-state index in [0.717, 1.165) is 6.04 Å². The van der Waals surface area contributed by atoms with Gasteiger partial charge in [-0.1, -0.05) is 52.3 Å². The summed E-state index contributed by atoms with van der Waals surface area (Å²) in [6.45, 7) is 17.2. The Morgan fingerprint density at radius 1 is 1.21 bits per heavy atom. The summed E-state index contributed by atoms with van der Waals surface area (Å²) in [5.41, 5.74) is 4.22. The molecular weight excluding hydrogens is 262 g/mol. The van der Waals surface area contributed by atoms with E-state index < -0.39 is 15.9 Å². The van der Waals surface area contributed by atoms with E-state index in [2.05, 4.69) is 58.7 Å². The minimum absolute atomic E-state index is 0.521. The molecule has 112 valence electrons. The van der Waals surface area contributed by atoms with E-state index in [4.69, 9.17) is 0 Å². The number of hydrogen-bond donors (Lipinski definition) is 1. The molecule has 0 bridgehead atoms. The van der Waals surface area contributed by atoms with Gasteiger partial charge in [0.15, 0.2) is 0 Å². The number of allylic oxidation sites excluding steroid dienone is 1. The van der Waals surface area contributed by atoms with Gasteiger partial charge in [-0.05, 0) is 37.9 Å². The Labute approximate surface area is 123 Å². The van der Waals surface area contributed by atoms with E-state index in [1.807, 2.05) is 0 Å². The SMILES string of the molecule is CC(C)=C[SiH](CNC1CCCC1)[Si](C)(C)C(C)(C)C. The van der Waals surface area contributed by atoms with E-state index >= 15 is 0 Å². The van der Waals surface area contributed by atoms with Crippen LogP contribution >= 0.6 is 0 Å². The Kier molecular flexibility index (Phi) is 6.08. The van der Waals surface area contributed by atoms with E-state index in [1.165, 1.54) is 37.4 Å². The molecule has 1 N–H and O–H groups in total. The van der Waals surface area contributed by atoms with Gasteiger partial charge < -0.3 is 5.32 Å².